The van der Waals surface area contributed by atoms with Gasteiger partial charge in [-0.15, -0.1) is 0 Å². The van der Waals surface area contributed by atoms with E-state index in [4.69, 9.17) is 0 Å². The highest BCUT2D eigenvalue weighted by atomic mass is 19.4. The number of nitrogens with zero attached hydrogens (tertiary/aromatic N) is 2. The summed E-state index contributed by atoms with van der Waals surface area (Å²) < 4.78 is 38.3. The minimum absolute atomic E-state index is 0.162. The van der Waals surface area contributed by atoms with Crippen LogP contribution in [0.2, 0.25) is 0 Å². The molecule has 1 amide bonds. The lowest BCUT2D eigenvalue weighted by Crippen LogP contribution is -2.66. The number of anilines is 1. The van der Waals surface area contributed by atoms with Crippen LogP contribution < -0.4 is 21.1 Å². The highest BCUT2D eigenvalue weighted by molar-refractivity contribution is 5.97. The van der Waals surface area contributed by atoms with E-state index in [-0.39, 0.29) is 18.4 Å². The molecule has 3 N–H and O–H groups in total. The number of hydrazine groups is 1. The summed E-state index contributed by atoms with van der Waals surface area (Å²) >= 11 is 0. The second-order valence-electron chi connectivity index (χ2n) is 6.73. The third-order valence-corrected chi connectivity index (χ3v) is 5.07. The van der Waals surface area contributed by atoms with Gasteiger partial charge < -0.3 is 5.32 Å². The number of allylic oxidation sites excluding steroid dienone is 1. The van der Waals surface area contributed by atoms with Crippen LogP contribution in [0.4, 0.5) is 18.9 Å². The maximum Gasteiger partial charge on any atom is 0.416 e. The predicted molar refractivity (Wildman–Crippen MR) is 89.4 cm³/mol. The van der Waals surface area contributed by atoms with Crippen LogP contribution in [-0.4, -0.2) is 36.4 Å². The minimum Gasteiger partial charge on any atom is -0.324 e. The summed E-state index contributed by atoms with van der Waals surface area (Å²) in [6.07, 6.45) is -2.79. The second-order valence-corrected chi connectivity index (χ2v) is 6.73. The van der Waals surface area contributed by atoms with Gasteiger partial charge in [0.15, 0.2) is 0 Å². The topological polar surface area (TPSA) is 59.6 Å². The number of amides is 1. The molecule has 4 rings (SSSR count). The van der Waals surface area contributed by atoms with Crippen molar-refractivity contribution in [1.29, 1.82) is 0 Å². The number of hydrogen-bond acceptors (Lipinski definition) is 5. The Labute approximate surface area is 149 Å². The van der Waals surface area contributed by atoms with Crippen molar-refractivity contribution in [1.82, 2.24) is 21.0 Å². The predicted octanol–water partition coefficient (Wildman–Crippen LogP) is 1.73. The normalized spacial score (nSPS) is 27.1. The summed E-state index contributed by atoms with van der Waals surface area (Å²) in [6, 6.07) is 4.87. The first kappa shape index (κ1) is 17.3. The van der Waals surface area contributed by atoms with Crippen molar-refractivity contribution in [3.63, 3.8) is 0 Å². The summed E-state index contributed by atoms with van der Waals surface area (Å²) in [5.74, 6) is -0.162. The fraction of sp³-hybridized carbons (Fsp3) is 0.471. The summed E-state index contributed by atoms with van der Waals surface area (Å²) in [5.41, 5.74) is 4.25. The molecular weight excluding hydrogens is 347 g/mol. The van der Waals surface area contributed by atoms with Crippen LogP contribution >= 0.6 is 0 Å². The van der Waals surface area contributed by atoms with E-state index in [2.05, 4.69) is 21.0 Å². The largest absolute Gasteiger partial charge is 0.416 e. The maximum absolute atomic E-state index is 12.8. The summed E-state index contributed by atoms with van der Waals surface area (Å²) in [5, 5.41) is 7.97. The smallest absolute Gasteiger partial charge is 0.324 e. The Balaban J connectivity index is 1.55. The van der Waals surface area contributed by atoms with Crippen molar-refractivity contribution < 1.29 is 18.0 Å². The van der Waals surface area contributed by atoms with E-state index in [1.165, 1.54) is 12.1 Å². The van der Waals surface area contributed by atoms with Crippen LogP contribution in [0.5, 0.6) is 0 Å². The van der Waals surface area contributed by atoms with Gasteiger partial charge in [0.05, 0.1) is 16.8 Å². The first-order valence-electron chi connectivity index (χ1n) is 8.60. The van der Waals surface area contributed by atoms with Crippen LogP contribution in [0, 0.1) is 0 Å². The lowest BCUT2D eigenvalue weighted by atomic mass is 10.1. The summed E-state index contributed by atoms with van der Waals surface area (Å²) in [7, 11) is 0. The van der Waals surface area contributed by atoms with Gasteiger partial charge in [-0.2, -0.15) is 13.2 Å². The van der Waals surface area contributed by atoms with Gasteiger partial charge in [0, 0.05) is 18.8 Å². The van der Waals surface area contributed by atoms with Gasteiger partial charge in [-0.1, -0.05) is 0 Å². The Morgan fingerprint density at radius 2 is 1.77 bits per heavy atom. The van der Waals surface area contributed by atoms with Crippen molar-refractivity contribution in [3.8, 4) is 0 Å². The molecule has 0 spiro atoms. The third kappa shape index (κ3) is 2.95. The highest BCUT2D eigenvalue weighted by Gasteiger charge is 2.41. The number of carbonyl (C=O) groups is 1. The van der Waals surface area contributed by atoms with E-state index >= 15 is 0 Å². The molecule has 6 nitrogen and oxygen atoms in total. The molecule has 0 saturated carbocycles. The highest BCUT2D eigenvalue weighted by Crippen LogP contribution is 2.33. The van der Waals surface area contributed by atoms with Crippen LogP contribution in [0.1, 0.15) is 25.3 Å². The van der Waals surface area contributed by atoms with Crippen LogP contribution in [0.3, 0.4) is 0 Å². The first-order valence-corrected chi connectivity index (χ1v) is 8.60. The molecule has 3 heterocycles. The third-order valence-electron chi connectivity index (χ3n) is 5.07. The Hall–Kier alpha value is -2.10. The lowest BCUT2D eigenvalue weighted by Gasteiger charge is -2.36. The van der Waals surface area contributed by atoms with Gasteiger partial charge in [-0.05, 0) is 44.0 Å². The van der Waals surface area contributed by atoms with Gasteiger partial charge in [0.25, 0.3) is 5.91 Å². The Morgan fingerprint density at radius 1 is 1.12 bits per heavy atom. The van der Waals surface area contributed by atoms with Crippen LogP contribution in [0.15, 0.2) is 35.5 Å². The fourth-order valence-electron chi connectivity index (χ4n) is 3.70. The second kappa shape index (κ2) is 6.26. The number of halogens is 3. The molecule has 9 heteroatoms. The van der Waals surface area contributed by atoms with E-state index in [1.54, 1.807) is 11.9 Å². The lowest BCUT2D eigenvalue weighted by molar-refractivity contribution is -0.137. The zero-order chi connectivity index (χ0) is 18.5. The van der Waals surface area contributed by atoms with Gasteiger partial charge in [0.1, 0.15) is 12.5 Å². The number of benzene rings is 1. The Kier molecular flexibility index (Phi) is 4.17. The van der Waals surface area contributed by atoms with E-state index in [9.17, 15) is 18.0 Å². The van der Waals surface area contributed by atoms with E-state index in [0.717, 1.165) is 38.1 Å². The zero-order valence-corrected chi connectivity index (χ0v) is 14.2. The molecule has 3 aliphatic heterocycles. The summed E-state index contributed by atoms with van der Waals surface area (Å²) in [4.78, 5) is 14.7. The van der Waals surface area contributed by atoms with Crippen LogP contribution in [-0.2, 0) is 11.0 Å². The molecule has 2 fully saturated rings. The molecule has 0 radical (unpaired) electrons. The number of fused-ring (bicyclic) bond motifs is 1. The molecule has 140 valence electrons. The molecule has 1 aromatic carbocycles. The van der Waals surface area contributed by atoms with E-state index in [1.807, 2.05) is 0 Å². The van der Waals surface area contributed by atoms with Crippen molar-refractivity contribution >= 4 is 11.6 Å². The molecule has 2 unspecified atom stereocenters. The monoisotopic (exact) mass is 367 g/mol. The van der Waals surface area contributed by atoms with Crippen molar-refractivity contribution in [2.75, 3.05) is 18.1 Å². The molecule has 0 aliphatic carbocycles. The Morgan fingerprint density at radius 3 is 2.38 bits per heavy atom. The van der Waals surface area contributed by atoms with Gasteiger partial charge >= 0.3 is 6.18 Å². The standard InChI is InChI=1S/C17H20F3N5O/c1-10-13-14(21-16(22-15(13)26)24-8-2-3-9-24)23-25(10)12-6-4-11(5-7-12)17(18,19)20/h4-7,14,16,21,23H,2-3,8-9H2,1H3,(H,22,26). The van der Waals surface area contributed by atoms with Crippen LogP contribution in [0.25, 0.3) is 0 Å². The molecule has 3 aliphatic rings. The minimum atomic E-state index is -4.37. The average molecular weight is 367 g/mol. The number of carbonyl (C=O) groups excluding carboxylic acids is 1. The number of alkyl halides is 3. The number of hydrogen-bond donors (Lipinski definition) is 3. The van der Waals surface area contributed by atoms with E-state index < -0.39 is 11.7 Å². The van der Waals surface area contributed by atoms with Gasteiger partial charge in [0.2, 0.25) is 0 Å². The average Bonchev–Trinajstić information content (AvgIpc) is 3.22. The molecule has 0 aromatic heterocycles. The van der Waals surface area contributed by atoms with Crippen molar-refractivity contribution in [3.05, 3.63) is 41.1 Å². The zero-order valence-electron chi connectivity index (χ0n) is 14.2. The van der Waals surface area contributed by atoms with Crippen molar-refractivity contribution in [2.24, 2.45) is 0 Å². The molecular formula is C17H20F3N5O. The van der Waals surface area contributed by atoms with Crippen molar-refractivity contribution in [2.45, 2.75) is 38.4 Å². The molecule has 1 aromatic rings. The summed E-state index contributed by atoms with van der Waals surface area (Å²) in [6.45, 7) is 3.62. The maximum atomic E-state index is 12.8. The molecule has 26 heavy (non-hydrogen) atoms. The fourth-order valence-corrected chi connectivity index (χ4v) is 3.70. The molecule has 2 atom stereocenters. The number of likely N-dealkylation sites (tertiary alicyclic amines) is 1. The molecule has 2 saturated heterocycles. The number of nitrogens with one attached hydrogen (secondary N) is 3. The SMILES string of the molecule is CC1=C2C(=O)NC(N3CCCC3)NC2NN1c1ccc(C(F)(F)F)cc1. The molecule has 0 bridgehead atoms. The van der Waals surface area contributed by atoms with Gasteiger partial charge in [-0.25, -0.2) is 5.43 Å². The number of rotatable bonds is 2. The first-order chi connectivity index (χ1) is 12.3. The van der Waals surface area contributed by atoms with Gasteiger partial charge in [-0.3, -0.25) is 20.0 Å². The van der Waals surface area contributed by atoms with E-state index in [0.29, 0.717) is 17.0 Å². The quantitative estimate of drug-likeness (QED) is 0.743. The Bertz CT molecular complexity index is 740.